The third-order valence-corrected chi connectivity index (χ3v) is 5.97. The average molecular weight is 406 g/mol. The van der Waals surface area contributed by atoms with E-state index in [1.165, 1.54) is 0 Å². The van der Waals surface area contributed by atoms with Crippen molar-refractivity contribution < 1.29 is 9.59 Å². The van der Waals surface area contributed by atoms with Gasteiger partial charge in [0, 0.05) is 49.2 Å². The van der Waals surface area contributed by atoms with Gasteiger partial charge in [0.25, 0.3) is 5.91 Å². The lowest BCUT2D eigenvalue weighted by Gasteiger charge is -2.33. The predicted molar refractivity (Wildman–Crippen MR) is 121 cm³/mol. The summed E-state index contributed by atoms with van der Waals surface area (Å²) in [7, 11) is 2.04. The van der Waals surface area contributed by atoms with Gasteiger partial charge in [-0.05, 0) is 61.6 Å². The Bertz CT molecular complexity index is 1040. The summed E-state index contributed by atoms with van der Waals surface area (Å²) < 4.78 is 0. The Morgan fingerprint density at radius 2 is 1.77 bits per heavy atom. The summed E-state index contributed by atoms with van der Waals surface area (Å²) in [5, 5.41) is 1.82. The van der Waals surface area contributed by atoms with Crippen molar-refractivity contribution in [1.82, 2.24) is 9.80 Å². The molecule has 30 heavy (non-hydrogen) atoms. The number of hydrogen-bond donors (Lipinski definition) is 1. The lowest BCUT2D eigenvalue weighted by atomic mass is 9.95. The zero-order valence-corrected chi connectivity index (χ0v) is 18.1. The second-order valence-electron chi connectivity index (χ2n) is 8.35. The summed E-state index contributed by atoms with van der Waals surface area (Å²) in [5.74, 6) is 0.214. The van der Waals surface area contributed by atoms with Gasteiger partial charge in [-0.25, -0.2) is 0 Å². The molecule has 5 heteroatoms. The van der Waals surface area contributed by atoms with Gasteiger partial charge in [0.1, 0.15) is 0 Å². The summed E-state index contributed by atoms with van der Waals surface area (Å²) in [6.45, 7) is 10.5. The number of carbonyl (C=O) groups excluding carboxylic acids is 2. The Labute approximate surface area is 178 Å². The zero-order chi connectivity index (χ0) is 21.8. The van der Waals surface area contributed by atoms with E-state index in [4.69, 9.17) is 5.73 Å². The van der Waals surface area contributed by atoms with Crippen molar-refractivity contribution in [2.45, 2.75) is 26.7 Å². The van der Waals surface area contributed by atoms with E-state index in [-0.39, 0.29) is 5.91 Å². The van der Waals surface area contributed by atoms with Crippen LogP contribution in [0.25, 0.3) is 12.8 Å². The lowest BCUT2D eigenvalue weighted by Crippen LogP contribution is -2.41. The third kappa shape index (κ3) is 4.90. The first-order chi connectivity index (χ1) is 14.3. The van der Waals surface area contributed by atoms with Crippen LogP contribution in [0, 0.1) is 19.8 Å². The molecule has 0 radical (unpaired) electrons. The molecule has 2 aromatic rings. The van der Waals surface area contributed by atoms with Crippen molar-refractivity contribution in [3.8, 4) is 0 Å². The standard InChI is InChI=1S/C25H31N3O2/c1-17-5-8-21(9-6-17)25(30)28-13-11-20(12-14-28)15-27(4)16-23-18(2)7-10-22(19(23)3)24(26)29/h5-10,16,20H,2,11-15H2,1,3-4H3,(H2,26,29)/b23-16+. The van der Waals surface area contributed by atoms with Gasteiger partial charge < -0.3 is 15.5 Å². The highest BCUT2D eigenvalue weighted by Gasteiger charge is 2.24. The van der Waals surface area contributed by atoms with Crippen LogP contribution in [0.2, 0.25) is 0 Å². The molecule has 1 heterocycles. The van der Waals surface area contributed by atoms with Crippen LogP contribution in [0.3, 0.4) is 0 Å². The third-order valence-electron chi connectivity index (χ3n) is 5.97. The number of hydrogen-bond acceptors (Lipinski definition) is 3. The molecule has 1 saturated heterocycles. The number of nitrogens with zero attached hydrogens (tertiary/aromatic N) is 2. The molecule has 1 aliphatic heterocycles. The molecule has 2 aromatic carbocycles. The topological polar surface area (TPSA) is 66.6 Å². The molecule has 0 bridgehead atoms. The van der Waals surface area contributed by atoms with E-state index in [9.17, 15) is 9.59 Å². The SMILES string of the molecule is C=c1ccc(C(N)=O)c(C)/c1=C/N(C)CC1CCN(C(=O)c2ccc(C)cc2)CC1. The van der Waals surface area contributed by atoms with Crippen LogP contribution in [0.4, 0.5) is 0 Å². The molecular weight excluding hydrogens is 374 g/mol. The first-order valence-corrected chi connectivity index (χ1v) is 10.4. The maximum absolute atomic E-state index is 12.7. The highest BCUT2D eigenvalue weighted by atomic mass is 16.2. The van der Waals surface area contributed by atoms with Gasteiger partial charge in [-0.1, -0.05) is 30.3 Å². The van der Waals surface area contributed by atoms with E-state index >= 15 is 0 Å². The molecular formula is C25H31N3O2. The highest BCUT2D eigenvalue weighted by molar-refractivity contribution is 5.94. The van der Waals surface area contributed by atoms with Crippen LogP contribution in [0.1, 0.15) is 44.7 Å². The number of primary amides is 1. The number of amides is 2. The largest absolute Gasteiger partial charge is 0.380 e. The Hall–Kier alpha value is -3.08. The Morgan fingerprint density at radius 3 is 2.37 bits per heavy atom. The number of piperidine rings is 1. The molecule has 1 aliphatic rings. The van der Waals surface area contributed by atoms with Crippen LogP contribution >= 0.6 is 0 Å². The molecule has 158 valence electrons. The number of nitrogens with two attached hydrogens (primary N) is 1. The van der Waals surface area contributed by atoms with Crippen molar-refractivity contribution >= 4 is 24.6 Å². The monoisotopic (exact) mass is 405 g/mol. The van der Waals surface area contributed by atoms with Crippen LogP contribution in [-0.4, -0.2) is 48.3 Å². The molecule has 0 saturated carbocycles. The van der Waals surface area contributed by atoms with E-state index in [0.717, 1.165) is 59.6 Å². The van der Waals surface area contributed by atoms with Crippen molar-refractivity contribution in [1.29, 1.82) is 0 Å². The van der Waals surface area contributed by atoms with Crippen LogP contribution in [-0.2, 0) is 0 Å². The molecule has 0 spiro atoms. The molecule has 0 unspecified atom stereocenters. The van der Waals surface area contributed by atoms with Crippen molar-refractivity contribution in [2.24, 2.45) is 11.7 Å². The molecule has 3 rings (SSSR count). The quantitative estimate of drug-likeness (QED) is 0.828. The van der Waals surface area contributed by atoms with Crippen molar-refractivity contribution in [2.75, 3.05) is 26.7 Å². The number of carbonyl (C=O) groups is 2. The first kappa shape index (κ1) is 21.6. The van der Waals surface area contributed by atoms with E-state index in [2.05, 4.69) is 11.5 Å². The smallest absolute Gasteiger partial charge is 0.253 e. The van der Waals surface area contributed by atoms with E-state index < -0.39 is 5.91 Å². The number of benzene rings is 2. The van der Waals surface area contributed by atoms with E-state index in [1.807, 2.05) is 62.3 Å². The molecule has 2 amide bonds. The second-order valence-corrected chi connectivity index (χ2v) is 8.35. The van der Waals surface area contributed by atoms with Crippen LogP contribution < -0.4 is 16.2 Å². The highest BCUT2D eigenvalue weighted by Crippen LogP contribution is 2.20. The minimum Gasteiger partial charge on any atom is -0.380 e. The van der Waals surface area contributed by atoms with Gasteiger partial charge in [0.2, 0.25) is 5.91 Å². The predicted octanol–water partition coefficient (Wildman–Crippen LogP) is 2.03. The summed E-state index contributed by atoms with van der Waals surface area (Å²) in [6.07, 6.45) is 4.01. The van der Waals surface area contributed by atoms with Gasteiger partial charge >= 0.3 is 0 Å². The minimum absolute atomic E-state index is 0.119. The normalized spacial score (nSPS) is 15.3. The average Bonchev–Trinajstić information content (AvgIpc) is 2.71. The maximum atomic E-state index is 12.7. The van der Waals surface area contributed by atoms with Crippen LogP contribution in [0.5, 0.6) is 0 Å². The Kier molecular flexibility index (Phi) is 6.60. The van der Waals surface area contributed by atoms with Gasteiger partial charge in [-0.2, -0.15) is 0 Å². The Morgan fingerprint density at radius 1 is 1.13 bits per heavy atom. The maximum Gasteiger partial charge on any atom is 0.253 e. The number of aryl methyl sites for hydroxylation is 1. The molecule has 2 N–H and O–H groups in total. The van der Waals surface area contributed by atoms with Crippen molar-refractivity contribution in [3.05, 3.63) is 69.1 Å². The molecule has 5 nitrogen and oxygen atoms in total. The van der Waals surface area contributed by atoms with Gasteiger partial charge in [0.05, 0.1) is 0 Å². The summed E-state index contributed by atoms with van der Waals surface area (Å²) in [6, 6.07) is 11.4. The Balaban J connectivity index is 1.63. The minimum atomic E-state index is -0.421. The fraction of sp³-hybridized carbons (Fsp3) is 0.360. The summed E-state index contributed by atoms with van der Waals surface area (Å²) >= 11 is 0. The first-order valence-electron chi connectivity index (χ1n) is 10.4. The fourth-order valence-corrected chi connectivity index (χ4v) is 4.11. The summed E-state index contributed by atoms with van der Waals surface area (Å²) in [5.41, 5.74) is 8.80. The summed E-state index contributed by atoms with van der Waals surface area (Å²) in [4.78, 5) is 28.5. The van der Waals surface area contributed by atoms with Gasteiger partial charge in [-0.15, -0.1) is 0 Å². The zero-order valence-electron chi connectivity index (χ0n) is 18.1. The van der Waals surface area contributed by atoms with Crippen molar-refractivity contribution in [3.63, 3.8) is 0 Å². The van der Waals surface area contributed by atoms with E-state index in [0.29, 0.717) is 11.5 Å². The lowest BCUT2D eigenvalue weighted by molar-refractivity contribution is 0.0682. The fourth-order valence-electron chi connectivity index (χ4n) is 4.11. The number of likely N-dealkylation sites (tertiary alicyclic amines) is 1. The van der Waals surface area contributed by atoms with Gasteiger partial charge in [-0.3, -0.25) is 9.59 Å². The second kappa shape index (κ2) is 9.16. The van der Waals surface area contributed by atoms with Crippen LogP contribution in [0.15, 0.2) is 36.4 Å². The van der Waals surface area contributed by atoms with Gasteiger partial charge in [0.15, 0.2) is 0 Å². The molecule has 1 fully saturated rings. The molecule has 0 atom stereocenters. The molecule has 0 aliphatic carbocycles. The number of rotatable bonds is 5. The molecule has 0 aromatic heterocycles. The van der Waals surface area contributed by atoms with E-state index in [1.54, 1.807) is 6.07 Å².